The van der Waals surface area contributed by atoms with E-state index < -0.39 is 11.9 Å². The minimum Gasteiger partial charge on any atom is -0.508 e. The van der Waals surface area contributed by atoms with E-state index in [0.29, 0.717) is 5.56 Å². The van der Waals surface area contributed by atoms with E-state index in [0.717, 1.165) is 0 Å². The number of hydrogen-bond donors (Lipinski definition) is 2. The van der Waals surface area contributed by atoms with Gasteiger partial charge in [-0.05, 0) is 17.7 Å². The Hall–Kier alpha value is -1.77. The lowest BCUT2D eigenvalue weighted by molar-refractivity contribution is -0.137. The van der Waals surface area contributed by atoms with E-state index in [9.17, 15) is 4.79 Å². The molecule has 3 heteroatoms. The third kappa shape index (κ3) is 2.08. The van der Waals surface area contributed by atoms with Crippen LogP contribution in [0.2, 0.25) is 0 Å². The molecule has 1 atom stereocenters. The van der Waals surface area contributed by atoms with Gasteiger partial charge >= 0.3 is 5.97 Å². The summed E-state index contributed by atoms with van der Waals surface area (Å²) in [6.07, 6.45) is 1.36. The normalized spacial score (nSPS) is 12.0. The molecule has 0 aliphatic heterocycles. The molecule has 1 rings (SSSR count). The Balaban J connectivity index is 2.99. The zero-order valence-electron chi connectivity index (χ0n) is 6.97. The van der Waals surface area contributed by atoms with E-state index in [4.69, 9.17) is 10.2 Å². The molecule has 2 N–H and O–H groups in total. The first-order chi connectivity index (χ1) is 6.15. The van der Waals surface area contributed by atoms with Crippen molar-refractivity contribution in [1.29, 1.82) is 0 Å². The van der Waals surface area contributed by atoms with Gasteiger partial charge < -0.3 is 10.2 Å². The van der Waals surface area contributed by atoms with Crippen molar-refractivity contribution in [2.24, 2.45) is 0 Å². The number of carboxylic acid groups (broad SMARTS) is 1. The summed E-state index contributed by atoms with van der Waals surface area (Å²) in [6.45, 7) is 3.44. The van der Waals surface area contributed by atoms with Crippen LogP contribution in [0.25, 0.3) is 0 Å². The van der Waals surface area contributed by atoms with Crippen LogP contribution in [0.1, 0.15) is 11.5 Å². The highest BCUT2D eigenvalue weighted by Crippen LogP contribution is 2.19. The lowest BCUT2D eigenvalue weighted by atomic mass is 10.00. The molecule has 0 aliphatic rings. The van der Waals surface area contributed by atoms with E-state index >= 15 is 0 Å². The largest absolute Gasteiger partial charge is 0.508 e. The maximum absolute atomic E-state index is 10.7. The molecule has 0 saturated heterocycles. The number of benzene rings is 1. The molecule has 0 fully saturated rings. The predicted octanol–water partition coefficient (Wildman–Crippen LogP) is 1.75. The summed E-state index contributed by atoms with van der Waals surface area (Å²) in [5.74, 6) is -1.53. The number of hydrogen-bond acceptors (Lipinski definition) is 2. The predicted molar refractivity (Wildman–Crippen MR) is 48.7 cm³/mol. The van der Waals surface area contributed by atoms with Crippen LogP contribution in [0.4, 0.5) is 0 Å². The number of rotatable bonds is 3. The molecule has 0 saturated carbocycles. The molecule has 1 aromatic carbocycles. The second kappa shape index (κ2) is 3.76. The number of aliphatic carboxylic acids is 1. The van der Waals surface area contributed by atoms with Gasteiger partial charge in [0.05, 0.1) is 5.92 Å². The Labute approximate surface area is 76.0 Å². The van der Waals surface area contributed by atoms with E-state index in [1.54, 1.807) is 12.1 Å². The Kier molecular flexibility index (Phi) is 2.69. The van der Waals surface area contributed by atoms with E-state index in [1.165, 1.54) is 18.2 Å². The fourth-order valence-corrected chi connectivity index (χ4v) is 1.06. The van der Waals surface area contributed by atoms with E-state index in [-0.39, 0.29) is 5.75 Å². The highest BCUT2D eigenvalue weighted by atomic mass is 16.4. The molecule has 0 aliphatic carbocycles. The average molecular weight is 178 g/mol. The Bertz CT molecular complexity index is 313. The van der Waals surface area contributed by atoms with Crippen molar-refractivity contribution in [2.45, 2.75) is 5.92 Å². The van der Waals surface area contributed by atoms with Crippen LogP contribution in [-0.4, -0.2) is 16.2 Å². The van der Waals surface area contributed by atoms with Gasteiger partial charge in [-0.3, -0.25) is 4.79 Å². The van der Waals surface area contributed by atoms with Gasteiger partial charge in [-0.15, -0.1) is 6.58 Å². The molecule has 1 unspecified atom stereocenters. The molecule has 0 radical (unpaired) electrons. The van der Waals surface area contributed by atoms with Crippen LogP contribution in [0.15, 0.2) is 36.9 Å². The molecule has 3 nitrogen and oxygen atoms in total. The summed E-state index contributed by atoms with van der Waals surface area (Å²) < 4.78 is 0. The Morgan fingerprint density at radius 3 is 2.31 bits per heavy atom. The average Bonchev–Trinajstić information content (AvgIpc) is 2.09. The maximum atomic E-state index is 10.7. The van der Waals surface area contributed by atoms with Crippen molar-refractivity contribution in [3.05, 3.63) is 42.5 Å². The smallest absolute Gasteiger partial charge is 0.314 e. The van der Waals surface area contributed by atoms with Gasteiger partial charge in [0.25, 0.3) is 0 Å². The molecule has 0 amide bonds. The molecule has 68 valence electrons. The van der Waals surface area contributed by atoms with Crippen molar-refractivity contribution in [3.63, 3.8) is 0 Å². The van der Waals surface area contributed by atoms with Crippen LogP contribution in [0.3, 0.4) is 0 Å². The summed E-state index contributed by atoms with van der Waals surface area (Å²) in [7, 11) is 0. The third-order valence-electron chi connectivity index (χ3n) is 1.75. The second-order valence-electron chi connectivity index (χ2n) is 2.64. The third-order valence-corrected chi connectivity index (χ3v) is 1.75. The lowest BCUT2D eigenvalue weighted by Crippen LogP contribution is -2.08. The summed E-state index contributed by atoms with van der Waals surface area (Å²) in [5.41, 5.74) is 0.611. The summed E-state index contributed by atoms with van der Waals surface area (Å²) in [6, 6.07) is 6.04. The highest BCUT2D eigenvalue weighted by molar-refractivity contribution is 5.78. The highest BCUT2D eigenvalue weighted by Gasteiger charge is 2.14. The van der Waals surface area contributed by atoms with Gasteiger partial charge in [-0.25, -0.2) is 0 Å². The van der Waals surface area contributed by atoms with Gasteiger partial charge in [-0.2, -0.15) is 0 Å². The van der Waals surface area contributed by atoms with Crippen molar-refractivity contribution >= 4 is 5.97 Å². The van der Waals surface area contributed by atoms with Crippen molar-refractivity contribution in [3.8, 4) is 5.75 Å². The second-order valence-corrected chi connectivity index (χ2v) is 2.64. The zero-order valence-corrected chi connectivity index (χ0v) is 6.97. The van der Waals surface area contributed by atoms with Gasteiger partial charge in [0.2, 0.25) is 0 Å². The summed E-state index contributed by atoms with van der Waals surface area (Å²) in [5, 5.41) is 17.7. The molecule has 0 bridgehead atoms. The number of phenols is 1. The van der Waals surface area contributed by atoms with Gasteiger partial charge in [0, 0.05) is 0 Å². The first-order valence-corrected chi connectivity index (χ1v) is 3.79. The van der Waals surface area contributed by atoms with Gasteiger partial charge in [0.15, 0.2) is 0 Å². The molecular formula is C10H10O3. The maximum Gasteiger partial charge on any atom is 0.314 e. The van der Waals surface area contributed by atoms with Gasteiger partial charge in [-0.1, -0.05) is 18.2 Å². The Morgan fingerprint density at radius 1 is 1.38 bits per heavy atom. The van der Waals surface area contributed by atoms with E-state index in [1.807, 2.05) is 0 Å². The van der Waals surface area contributed by atoms with Gasteiger partial charge in [0.1, 0.15) is 5.75 Å². The lowest BCUT2D eigenvalue weighted by Gasteiger charge is -2.06. The van der Waals surface area contributed by atoms with Crippen molar-refractivity contribution in [2.75, 3.05) is 0 Å². The standard InChI is InChI=1S/C10H10O3/c1-2-9(10(12)13)7-3-5-8(11)6-4-7/h2-6,9,11H,1H2,(H,12,13). The van der Waals surface area contributed by atoms with Crippen LogP contribution in [0, 0.1) is 0 Å². The first-order valence-electron chi connectivity index (χ1n) is 3.79. The molecular weight excluding hydrogens is 168 g/mol. The zero-order chi connectivity index (χ0) is 9.84. The van der Waals surface area contributed by atoms with Crippen LogP contribution >= 0.6 is 0 Å². The SMILES string of the molecule is C=CC(C(=O)O)c1ccc(O)cc1. The number of carboxylic acids is 1. The number of carbonyl (C=O) groups is 1. The quantitative estimate of drug-likeness (QED) is 0.693. The number of phenolic OH excluding ortho intramolecular Hbond substituents is 1. The minimum atomic E-state index is -0.944. The number of aromatic hydroxyl groups is 1. The minimum absolute atomic E-state index is 0.122. The van der Waals surface area contributed by atoms with E-state index in [2.05, 4.69) is 6.58 Å². The van der Waals surface area contributed by atoms with Crippen molar-refractivity contribution in [1.82, 2.24) is 0 Å². The van der Waals surface area contributed by atoms with Crippen molar-refractivity contribution < 1.29 is 15.0 Å². The summed E-state index contributed by atoms with van der Waals surface area (Å²) in [4.78, 5) is 10.7. The van der Waals surface area contributed by atoms with Crippen LogP contribution < -0.4 is 0 Å². The molecule has 0 aromatic heterocycles. The fourth-order valence-electron chi connectivity index (χ4n) is 1.06. The molecule has 0 spiro atoms. The fraction of sp³-hybridized carbons (Fsp3) is 0.100. The molecule has 1 aromatic rings. The summed E-state index contributed by atoms with van der Waals surface area (Å²) >= 11 is 0. The monoisotopic (exact) mass is 178 g/mol. The molecule has 13 heavy (non-hydrogen) atoms. The Morgan fingerprint density at radius 2 is 1.92 bits per heavy atom. The van der Waals surface area contributed by atoms with Crippen LogP contribution in [-0.2, 0) is 4.79 Å². The first kappa shape index (κ1) is 9.32. The topological polar surface area (TPSA) is 57.5 Å². The van der Waals surface area contributed by atoms with Crippen LogP contribution in [0.5, 0.6) is 5.75 Å². The molecule has 0 heterocycles.